The summed E-state index contributed by atoms with van der Waals surface area (Å²) in [6, 6.07) is 12.1. The Morgan fingerprint density at radius 1 is 1.14 bits per heavy atom. The Morgan fingerprint density at radius 3 is 2.75 bits per heavy atom. The lowest BCUT2D eigenvalue weighted by atomic mass is 10.2. The summed E-state index contributed by atoms with van der Waals surface area (Å²) in [6.07, 6.45) is 1.54. The number of hydrogen-bond acceptors (Lipinski definition) is 5. The molecular formula is C18H15Cl2N5O2S. The van der Waals surface area contributed by atoms with Gasteiger partial charge in [0.15, 0.2) is 5.16 Å². The van der Waals surface area contributed by atoms with Gasteiger partial charge < -0.3 is 10.6 Å². The number of aromatic nitrogens is 3. The minimum Gasteiger partial charge on any atom is -0.326 e. The van der Waals surface area contributed by atoms with Crippen LogP contribution < -0.4 is 10.6 Å². The molecule has 0 saturated heterocycles. The Hall–Kier alpha value is -2.55. The van der Waals surface area contributed by atoms with Crippen molar-refractivity contribution in [3.63, 3.8) is 0 Å². The number of halogens is 2. The van der Waals surface area contributed by atoms with Gasteiger partial charge in [-0.25, -0.2) is 0 Å². The van der Waals surface area contributed by atoms with Crippen LogP contribution in [0.2, 0.25) is 10.0 Å². The molecule has 2 amide bonds. The van der Waals surface area contributed by atoms with Gasteiger partial charge in [0.25, 0.3) is 0 Å². The van der Waals surface area contributed by atoms with E-state index in [1.54, 1.807) is 41.2 Å². The molecule has 0 radical (unpaired) electrons. The first-order valence-corrected chi connectivity index (χ1v) is 9.82. The van der Waals surface area contributed by atoms with Crippen LogP contribution in [0.25, 0.3) is 5.69 Å². The molecule has 0 aliphatic heterocycles. The summed E-state index contributed by atoms with van der Waals surface area (Å²) in [5, 5.41) is 14.8. The van der Waals surface area contributed by atoms with Crippen molar-refractivity contribution in [3.8, 4) is 5.69 Å². The van der Waals surface area contributed by atoms with E-state index in [1.165, 1.54) is 18.7 Å². The van der Waals surface area contributed by atoms with Gasteiger partial charge in [-0.05, 0) is 36.4 Å². The van der Waals surface area contributed by atoms with E-state index in [0.29, 0.717) is 26.6 Å². The van der Waals surface area contributed by atoms with Crippen LogP contribution in [0.15, 0.2) is 53.9 Å². The minimum atomic E-state index is -0.254. The summed E-state index contributed by atoms with van der Waals surface area (Å²) in [5.74, 6) is -0.310. The SMILES string of the molecule is CC(=O)Nc1cccc(-n2cnnc2SCC(=O)Nc2cc(Cl)ccc2Cl)c1. The van der Waals surface area contributed by atoms with Gasteiger partial charge in [0.1, 0.15) is 6.33 Å². The van der Waals surface area contributed by atoms with Gasteiger partial charge in [0.05, 0.1) is 22.2 Å². The van der Waals surface area contributed by atoms with Crippen molar-refractivity contribution in [1.82, 2.24) is 14.8 Å². The molecule has 0 spiro atoms. The molecule has 3 rings (SSSR count). The highest BCUT2D eigenvalue weighted by Gasteiger charge is 2.12. The predicted molar refractivity (Wildman–Crippen MR) is 111 cm³/mol. The molecule has 10 heteroatoms. The van der Waals surface area contributed by atoms with Crippen LogP contribution in [-0.4, -0.2) is 32.3 Å². The van der Waals surface area contributed by atoms with Gasteiger partial charge in [-0.2, -0.15) is 0 Å². The van der Waals surface area contributed by atoms with Gasteiger partial charge in [0, 0.05) is 17.6 Å². The van der Waals surface area contributed by atoms with Crippen LogP contribution in [0.5, 0.6) is 0 Å². The van der Waals surface area contributed by atoms with E-state index in [0.717, 1.165) is 5.69 Å². The van der Waals surface area contributed by atoms with E-state index in [-0.39, 0.29) is 17.6 Å². The Kier molecular flexibility index (Phi) is 6.56. The Bertz CT molecular complexity index is 1020. The molecule has 1 aromatic heterocycles. The van der Waals surface area contributed by atoms with Crippen LogP contribution in [-0.2, 0) is 9.59 Å². The first kappa shape index (κ1) is 20.2. The van der Waals surface area contributed by atoms with E-state index in [1.807, 2.05) is 12.1 Å². The molecule has 28 heavy (non-hydrogen) atoms. The zero-order valence-corrected chi connectivity index (χ0v) is 17.0. The topological polar surface area (TPSA) is 88.9 Å². The van der Waals surface area contributed by atoms with Crippen molar-refractivity contribution in [2.24, 2.45) is 0 Å². The lowest BCUT2D eigenvalue weighted by Gasteiger charge is -2.09. The maximum atomic E-state index is 12.3. The number of benzene rings is 2. The molecule has 7 nitrogen and oxygen atoms in total. The van der Waals surface area contributed by atoms with Gasteiger partial charge in [-0.15, -0.1) is 10.2 Å². The number of carbonyl (C=O) groups excluding carboxylic acids is 2. The smallest absolute Gasteiger partial charge is 0.234 e. The van der Waals surface area contributed by atoms with Crippen molar-refractivity contribution in [1.29, 1.82) is 0 Å². The lowest BCUT2D eigenvalue weighted by Crippen LogP contribution is -2.14. The lowest BCUT2D eigenvalue weighted by molar-refractivity contribution is -0.114. The number of anilines is 2. The third-order valence-corrected chi connectivity index (χ3v) is 5.00. The van der Waals surface area contributed by atoms with Crippen LogP contribution in [0.3, 0.4) is 0 Å². The van der Waals surface area contributed by atoms with E-state index in [9.17, 15) is 9.59 Å². The third-order valence-electron chi connectivity index (χ3n) is 3.50. The zero-order valence-electron chi connectivity index (χ0n) is 14.6. The fourth-order valence-electron chi connectivity index (χ4n) is 2.35. The quantitative estimate of drug-likeness (QED) is 0.564. The highest BCUT2D eigenvalue weighted by Crippen LogP contribution is 2.26. The maximum absolute atomic E-state index is 12.3. The fraction of sp³-hybridized carbons (Fsp3) is 0.111. The first-order chi connectivity index (χ1) is 13.4. The minimum absolute atomic E-state index is 0.104. The van der Waals surface area contributed by atoms with Crippen LogP contribution >= 0.6 is 35.0 Å². The maximum Gasteiger partial charge on any atom is 0.234 e. The van der Waals surface area contributed by atoms with Crippen LogP contribution in [0.4, 0.5) is 11.4 Å². The summed E-state index contributed by atoms with van der Waals surface area (Å²) in [5.41, 5.74) is 1.87. The Balaban J connectivity index is 1.68. The normalized spacial score (nSPS) is 10.5. The van der Waals surface area contributed by atoms with Crippen molar-refractivity contribution in [3.05, 3.63) is 58.8 Å². The number of nitrogens with zero attached hydrogens (tertiary/aromatic N) is 3. The molecule has 1 heterocycles. The molecule has 3 aromatic rings. The molecular weight excluding hydrogens is 421 g/mol. The molecule has 0 aliphatic rings. The molecule has 0 bridgehead atoms. The van der Waals surface area contributed by atoms with Crippen LogP contribution in [0, 0.1) is 0 Å². The summed E-state index contributed by atoms with van der Waals surface area (Å²) in [6.45, 7) is 1.44. The third kappa shape index (κ3) is 5.25. The summed E-state index contributed by atoms with van der Waals surface area (Å²) < 4.78 is 1.73. The Labute approximate surface area is 175 Å². The highest BCUT2D eigenvalue weighted by atomic mass is 35.5. The summed E-state index contributed by atoms with van der Waals surface area (Å²) in [4.78, 5) is 23.5. The van der Waals surface area contributed by atoms with E-state index < -0.39 is 0 Å². The molecule has 0 unspecified atom stereocenters. The monoisotopic (exact) mass is 435 g/mol. The number of rotatable bonds is 6. The van der Waals surface area contributed by atoms with Gasteiger partial charge in [-0.1, -0.05) is 41.0 Å². The van der Waals surface area contributed by atoms with Gasteiger partial charge in [0.2, 0.25) is 11.8 Å². The molecule has 0 aliphatic carbocycles. The van der Waals surface area contributed by atoms with Crippen molar-refractivity contribution in [2.75, 3.05) is 16.4 Å². The van der Waals surface area contributed by atoms with Crippen molar-refractivity contribution >= 4 is 58.2 Å². The summed E-state index contributed by atoms with van der Waals surface area (Å²) in [7, 11) is 0. The molecule has 2 aromatic carbocycles. The van der Waals surface area contributed by atoms with Crippen LogP contribution in [0.1, 0.15) is 6.92 Å². The number of carbonyl (C=O) groups is 2. The van der Waals surface area contributed by atoms with Crippen molar-refractivity contribution < 1.29 is 9.59 Å². The number of hydrogen-bond donors (Lipinski definition) is 2. The van der Waals surface area contributed by atoms with Gasteiger partial charge in [-0.3, -0.25) is 14.2 Å². The number of thioether (sulfide) groups is 1. The molecule has 0 saturated carbocycles. The fourth-order valence-corrected chi connectivity index (χ4v) is 3.41. The first-order valence-electron chi connectivity index (χ1n) is 8.08. The van der Waals surface area contributed by atoms with Gasteiger partial charge >= 0.3 is 0 Å². The standard InChI is InChI=1S/C18H15Cl2N5O2S/c1-11(26)22-13-3-2-4-14(8-13)25-10-21-24-18(25)28-9-17(27)23-16-7-12(19)5-6-15(16)20/h2-8,10H,9H2,1H3,(H,22,26)(H,23,27). The largest absolute Gasteiger partial charge is 0.326 e. The molecule has 2 N–H and O–H groups in total. The zero-order chi connectivity index (χ0) is 20.1. The van der Waals surface area contributed by atoms with E-state index >= 15 is 0 Å². The second kappa shape index (κ2) is 9.09. The average molecular weight is 436 g/mol. The summed E-state index contributed by atoms with van der Waals surface area (Å²) >= 11 is 13.2. The van der Waals surface area contributed by atoms with Crippen molar-refractivity contribution in [2.45, 2.75) is 12.1 Å². The Morgan fingerprint density at radius 2 is 1.96 bits per heavy atom. The molecule has 144 valence electrons. The molecule has 0 fully saturated rings. The number of nitrogens with one attached hydrogen (secondary N) is 2. The second-order valence-electron chi connectivity index (χ2n) is 5.68. The predicted octanol–water partition coefficient (Wildman–Crippen LogP) is 4.26. The highest BCUT2D eigenvalue weighted by molar-refractivity contribution is 7.99. The van der Waals surface area contributed by atoms with E-state index in [4.69, 9.17) is 23.2 Å². The molecule has 0 atom stereocenters. The average Bonchev–Trinajstić information content (AvgIpc) is 3.11. The second-order valence-corrected chi connectivity index (χ2v) is 7.46. The number of amides is 2. The van der Waals surface area contributed by atoms with E-state index in [2.05, 4.69) is 20.8 Å².